The van der Waals surface area contributed by atoms with E-state index in [1.54, 1.807) is 0 Å². The quantitative estimate of drug-likeness (QED) is 0.808. The molecule has 1 atom stereocenters. The standard InChI is InChI=1S/C10H12BrNO/c1-2-10(12-7-13)8-3-5-9(11)6-4-8/h3-7,10H,2H2,1H3,(H,12,13). The van der Waals surface area contributed by atoms with Crippen LogP contribution in [0.15, 0.2) is 28.7 Å². The number of halogens is 1. The minimum Gasteiger partial charge on any atom is -0.352 e. The predicted molar refractivity (Wildman–Crippen MR) is 56.4 cm³/mol. The molecular formula is C10H12BrNO. The molecule has 70 valence electrons. The van der Waals surface area contributed by atoms with Gasteiger partial charge in [0.15, 0.2) is 0 Å². The van der Waals surface area contributed by atoms with Gasteiger partial charge in [-0.3, -0.25) is 4.79 Å². The van der Waals surface area contributed by atoms with E-state index in [1.165, 1.54) is 0 Å². The molecule has 0 aliphatic rings. The van der Waals surface area contributed by atoms with Crippen molar-refractivity contribution in [2.24, 2.45) is 0 Å². The topological polar surface area (TPSA) is 29.1 Å². The monoisotopic (exact) mass is 241 g/mol. The van der Waals surface area contributed by atoms with Gasteiger partial charge in [0.1, 0.15) is 0 Å². The zero-order valence-corrected chi connectivity index (χ0v) is 9.04. The number of rotatable bonds is 4. The van der Waals surface area contributed by atoms with Gasteiger partial charge >= 0.3 is 0 Å². The SMILES string of the molecule is CCC(NC=O)c1ccc(Br)cc1. The maximum atomic E-state index is 10.3. The second kappa shape index (κ2) is 5.02. The Hall–Kier alpha value is -0.830. The van der Waals surface area contributed by atoms with E-state index >= 15 is 0 Å². The summed E-state index contributed by atoms with van der Waals surface area (Å²) in [7, 11) is 0. The van der Waals surface area contributed by atoms with E-state index in [0.717, 1.165) is 22.9 Å². The van der Waals surface area contributed by atoms with Crippen molar-refractivity contribution < 1.29 is 4.79 Å². The summed E-state index contributed by atoms with van der Waals surface area (Å²) in [4.78, 5) is 10.3. The highest BCUT2D eigenvalue weighted by molar-refractivity contribution is 9.10. The Morgan fingerprint density at radius 1 is 1.46 bits per heavy atom. The molecule has 1 N–H and O–H groups in total. The molecule has 0 aliphatic heterocycles. The third-order valence-electron chi connectivity index (χ3n) is 1.95. The van der Waals surface area contributed by atoms with Gasteiger partial charge in [0, 0.05) is 4.47 Å². The molecule has 1 aromatic rings. The normalized spacial score (nSPS) is 12.2. The molecule has 0 saturated carbocycles. The number of carbonyl (C=O) groups excluding carboxylic acids is 1. The van der Waals surface area contributed by atoms with Crippen molar-refractivity contribution in [1.29, 1.82) is 0 Å². The molecule has 2 nitrogen and oxygen atoms in total. The highest BCUT2D eigenvalue weighted by atomic mass is 79.9. The highest BCUT2D eigenvalue weighted by Crippen LogP contribution is 2.18. The van der Waals surface area contributed by atoms with Crippen LogP contribution in [0.1, 0.15) is 24.9 Å². The van der Waals surface area contributed by atoms with Crippen molar-refractivity contribution in [2.75, 3.05) is 0 Å². The Balaban J connectivity index is 2.78. The van der Waals surface area contributed by atoms with Gasteiger partial charge in [-0.25, -0.2) is 0 Å². The van der Waals surface area contributed by atoms with Crippen LogP contribution in [0.25, 0.3) is 0 Å². The lowest BCUT2D eigenvalue weighted by Crippen LogP contribution is -2.18. The number of nitrogens with one attached hydrogen (secondary N) is 1. The molecule has 0 saturated heterocycles. The minimum atomic E-state index is 0.130. The van der Waals surface area contributed by atoms with Crippen molar-refractivity contribution >= 4 is 22.3 Å². The van der Waals surface area contributed by atoms with E-state index < -0.39 is 0 Å². The van der Waals surface area contributed by atoms with E-state index in [2.05, 4.69) is 21.2 Å². The Kier molecular flexibility index (Phi) is 3.96. The average molecular weight is 242 g/mol. The van der Waals surface area contributed by atoms with Crippen molar-refractivity contribution in [3.8, 4) is 0 Å². The van der Waals surface area contributed by atoms with E-state index in [9.17, 15) is 4.79 Å². The predicted octanol–water partition coefficient (Wildman–Crippen LogP) is 2.65. The Morgan fingerprint density at radius 3 is 2.54 bits per heavy atom. The van der Waals surface area contributed by atoms with E-state index in [-0.39, 0.29) is 6.04 Å². The smallest absolute Gasteiger partial charge is 0.207 e. The fourth-order valence-corrected chi connectivity index (χ4v) is 1.49. The first-order valence-corrected chi connectivity index (χ1v) is 5.02. The number of hydrogen-bond acceptors (Lipinski definition) is 1. The zero-order valence-electron chi connectivity index (χ0n) is 7.46. The summed E-state index contributed by atoms with van der Waals surface area (Å²) in [5.74, 6) is 0. The molecule has 3 heteroatoms. The molecule has 1 aromatic carbocycles. The lowest BCUT2D eigenvalue weighted by Gasteiger charge is -2.13. The zero-order chi connectivity index (χ0) is 9.68. The summed E-state index contributed by atoms with van der Waals surface area (Å²) in [6.07, 6.45) is 1.65. The molecule has 1 unspecified atom stereocenters. The first kappa shape index (κ1) is 10.3. The van der Waals surface area contributed by atoms with Crippen LogP contribution in [0.5, 0.6) is 0 Å². The largest absolute Gasteiger partial charge is 0.352 e. The van der Waals surface area contributed by atoms with Crippen molar-refractivity contribution in [3.63, 3.8) is 0 Å². The third kappa shape index (κ3) is 2.84. The molecule has 0 radical (unpaired) electrons. The second-order valence-corrected chi connectivity index (χ2v) is 3.71. The van der Waals surface area contributed by atoms with Crippen LogP contribution in [0.3, 0.4) is 0 Å². The maximum absolute atomic E-state index is 10.3. The fraction of sp³-hybridized carbons (Fsp3) is 0.300. The van der Waals surface area contributed by atoms with Crippen LogP contribution in [0.2, 0.25) is 0 Å². The lowest BCUT2D eigenvalue weighted by molar-refractivity contribution is -0.110. The molecule has 0 spiro atoms. The summed E-state index contributed by atoms with van der Waals surface area (Å²) in [5.41, 5.74) is 1.14. The van der Waals surface area contributed by atoms with E-state index in [1.807, 2.05) is 31.2 Å². The van der Waals surface area contributed by atoms with Crippen molar-refractivity contribution in [2.45, 2.75) is 19.4 Å². The number of benzene rings is 1. The third-order valence-corrected chi connectivity index (χ3v) is 2.48. The second-order valence-electron chi connectivity index (χ2n) is 2.80. The number of carbonyl (C=O) groups is 1. The van der Waals surface area contributed by atoms with Gasteiger partial charge in [-0.2, -0.15) is 0 Å². The summed E-state index contributed by atoms with van der Waals surface area (Å²) in [5, 5.41) is 2.77. The van der Waals surface area contributed by atoms with Gasteiger partial charge in [-0.05, 0) is 24.1 Å². The molecule has 0 heterocycles. The summed E-state index contributed by atoms with van der Waals surface area (Å²) in [6, 6.07) is 8.10. The van der Waals surface area contributed by atoms with E-state index in [0.29, 0.717) is 0 Å². The van der Waals surface area contributed by atoms with Gasteiger partial charge in [0.05, 0.1) is 6.04 Å². The number of hydrogen-bond donors (Lipinski definition) is 1. The molecule has 1 rings (SSSR count). The Bertz CT molecular complexity index is 271. The van der Waals surface area contributed by atoms with Gasteiger partial charge in [0.25, 0.3) is 0 Å². The first-order valence-electron chi connectivity index (χ1n) is 4.23. The van der Waals surface area contributed by atoms with Crippen LogP contribution in [0, 0.1) is 0 Å². The molecular weight excluding hydrogens is 230 g/mol. The van der Waals surface area contributed by atoms with Gasteiger partial charge < -0.3 is 5.32 Å². The molecule has 1 amide bonds. The molecule has 0 bridgehead atoms. The molecule has 0 aromatic heterocycles. The lowest BCUT2D eigenvalue weighted by atomic mass is 10.1. The van der Waals surface area contributed by atoms with Crippen LogP contribution in [-0.4, -0.2) is 6.41 Å². The van der Waals surface area contributed by atoms with Crippen LogP contribution in [0.4, 0.5) is 0 Å². The van der Waals surface area contributed by atoms with Crippen LogP contribution >= 0.6 is 15.9 Å². The maximum Gasteiger partial charge on any atom is 0.207 e. The Morgan fingerprint density at radius 2 is 2.08 bits per heavy atom. The summed E-state index contributed by atoms with van der Waals surface area (Å²) >= 11 is 3.37. The first-order chi connectivity index (χ1) is 6.27. The molecule has 0 aliphatic carbocycles. The van der Waals surface area contributed by atoms with Crippen LogP contribution < -0.4 is 5.32 Å². The van der Waals surface area contributed by atoms with E-state index in [4.69, 9.17) is 0 Å². The van der Waals surface area contributed by atoms with Gasteiger partial charge in [0.2, 0.25) is 6.41 Å². The highest BCUT2D eigenvalue weighted by Gasteiger charge is 2.06. The molecule has 13 heavy (non-hydrogen) atoms. The summed E-state index contributed by atoms with van der Waals surface area (Å²) < 4.78 is 1.05. The fourth-order valence-electron chi connectivity index (χ4n) is 1.23. The Labute approximate surface area is 86.5 Å². The average Bonchev–Trinajstić information content (AvgIpc) is 2.16. The molecule has 0 fully saturated rings. The summed E-state index contributed by atoms with van der Waals surface area (Å²) in [6.45, 7) is 2.04. The van der Waals surface area contributed by atoms with Gasteiger partial charge in [-0.1, -0.05) is 35.0 Å². The minimum absolute atomic E-state index is 0.130. The van der Waals surface area contributed by atoms with Gasteiger partial charge in [-0.15, -0.1) is 0 Å². The van der Waals surface area contributed by atoms with Crippen molar-refractivity contribution in [1.82, 2.24) is 5.32 Å². The van der Waals surface area contributed by atoms with Crippen molar-refractivity contribution in [3.05, 3.63) is 34.3 Å². The number of amides is 1. The van der Waals surface area contributed by atoms with Crippen LogP contribution in [-0.2, 0) is 4.79 Å².